The number of nitrogens with one attached hydrogen (secondary N) is 1. The Kier molecular flexibility index (Phi) is 6.99. The van der Waals surface area contributed by atoms with Gasteiger partial charge in [-0.3, -0.25) is 5.32 Å². The van der Waals surface area contributed by atoms with Crippen molar-refractivity contribution < 1.29 is 19.3 Å². The quantitative estimate of drug-likeness (QED) is 0.513. The van der Waals surface area contributed by atoms with Gasteiger partial charge in [0.2, 0.25) is 0 Å². The number of hydrogen-bond acceptors (Lipinski definition) is 5. The third-order valence-electron chi connectivity index (χ3n) is 3.15. The summed E-state index contributed by atoms with van der Waals surface area (Å²) in [6.07, 6.45) is 2.48. The molecular formula is C12H25NO4. The zero-order chi connectivity index (χ0) is 12.7. The standard InChI is InChI=1S/C12H25NO4/c1-9-4-11(5-10(2)17-9)12(6-14)13-7-16-8-15-3/h9-14H,4-8H2,1-3H3/t9-,10+,11?,12?. The first kappa shape index (κ1) is 14.9. The zero-order valence-electron chi connectivity index (χ0n) is 11.0. The smallest absolute Gasteiger partial charge is 0.148 e. The Labute approximate surface area is 103 Å². The molecule has 1 saturated heterocycles. The van der Waals surface area contributed by atoms with Crippen LogP contribution in [-0.4, -0.2) is 50.6 Å². The average Bonchev–Trinajstić information content (AvgIpc) is 2.28. The van der Waals surface area contributed by atoms with E-state index in [1.54, 1.807) is 7.11 Å². The van der Waals surface area contributed by atoms with E-state index in [2.05, 4.69) is 19.2 Å². The van der Waals surface area contributed by atoms with Crippen molar-refractivity contribution in [3.05, 3.63) is 0 Å². The Morgan fingerprint density at radius 1 is 1.35 bits per heavy atom. The lowest BCUT2D eigenvalue weighted by Crippen LogP contribution is -2.45. The molecule has 0 saturated carbocycles. The van der Waals surface area contributed by atoms with E-state index in [1.165, 1.54) is 0 Å². The summed E-state index contributed by atoms with van der Waals surface area (Å²) in [7, 11) is 1.59. The van der Waals surface area contributed by atoms with Crippen LogP contribution in [0.2, 0.25) is 0 Å². The van der Waals surface area contributed by atoms with Crippen LogP contribution in [0.3, 0.4) is 0 Å². The lowest BCUT2D eigenvalue weighted by molar-refractivity contribution is -0.0724. The molecular weight excluding hydrogens is 222 g/mol. The summed E-state index contributed by atoms with van der Waals surface area (Å²) in [4.78, 5) is 0. The number of aliphatic hydroxyl groups is 1. The second kappa shape index (κ2) is 8.00. The molecule has 0 spiro atoms. The molecule has 1 aliphatic rings. The number of ether oxygens (including phenoxy) is 3. The van der Waals surface area contributed by atoms with Crippen molar-refractivity contribution in [1.82, 2.24) is 5.32 Å². The summed E-state index contributed by atoms with van der Waals surface area (Å²) in [6.45, 7) is 4.96. The molecule has 4 atom stereocenters. The Morgan fingerprint density at radius 2 is 2.00 bits per heavy atom. The molecule has 102 valence electrons. The van der Waals surface area contributed by atoms with Crippen LogP contribution in [0.4, 0.5) is 0 Å². The summed E-state index contributed by atoms with van der Waals surface area (Å²) in [5.74, 6) is 0.435. The van der Waals surface area contributed by atoms with Gasteiger partial charge in [-0.05, 0) is 32.6 Å². The Hall–Kier alpha value is -0.200. The number of rotatable bonds is 7. The van der Waals surface area contributed by atoms with E-state index in [0.717, 1.165) is 12.8 Å². The molecule has 5 nitrogen and oxygen atoms in total. The minimum Gasteiger partial charge on any atom is -0.395 e. The minimum atomic E-state index is 0.0701. The zero-order valence-corrected chi connectivity index (χ0v) is 11.0. The van der Waals surface area contributed by atoms with Gasteiger partial charge in [-0.1, -0.05) is 0 Å². The van der Waals surface area contributed by atoms with Crippen LogP contribution in [0.15, 0.2) is 0 Å². The largest absolute Gasteiger partial charge is 0.395 e. The molecule has 1 aliphatic heterocycles. The lowest BCUT2D eigenvalue weighted by atomic mass is 9.86. The molecule has 5 heteroatoms. The van der Waals surface area contributed by atoms with Crippen LogP contribution in [0.1, 0.15) is 26.7 Å². The first-order valence-electron chi connectivity index (χ1n) is 6.23. The molecule has 0 aromatic heterocycles. The molecule has 1 fully saturated rings. The van der Waals surface area contributed by atoms with Gasteiger partial charge in [-0.15, -0.1) is 0 Å². The third kappa shape index (κ3) is 5.31. The van der Waals surface area contributed by atoms with E-state index >= 15 is 0 Å². The summed E-state index contributed by atoms with van der Waals surface area (Å²) < 4.78 is 15.7. The van der Waals surface area contributed by atoms with Gasteiger partial charge in [0.05, 0.1) is 25.5 Å². The van der Waals surface area contributed by atoms with Crippen molar-refractivity contribution >= 4 is 0 Å². The molecule has 0 aromatic rings. The fourth-order valence-electron chi connectivity index (χ4n) is 2.46. The van der Waals surface area contributed by atoms with Gasteiger partial charge < -0.3 is 19.3 Å². The van der Waals surface area contributed by atoms with Crippen molar-refractivity contribution in [2.45, 2.75) is 44.9 Å². The van der Waals surface area contributed by atoms with Crippen molar-refractivity contribution in [3.63, 3.8) is 0 Å². The first-order valence-corrected chi connectivity index (χ1v) is 6.23. The SMILES string of the molecule is COCOCNC(CO)C1C[C@@H](C)O[C@@H](C)C1. The maximum atomic E-state index is 9.42. The molecule has 0 aliphatic carbocycles. The van der Waals surface area contributed by atoms with Gasteiger partial charge >= 0.3 is 0 Å². The molecule has 2 unspecified atom stereocenters. The molecule has 0 radical (unpaired) electrons. The molecule has 0 aromatic carbocycles. The second-order valence-electron chi connectivity index (χ2n) is 4.74. The summed E-state index contributed by atoms with van der Waals surface area (Å²) in [5.41, 5.74) is 0. The van der Waals surface area contributed by atoms with Crippen molar-refractivity contribution in [1.29, 1.82) is 0 Å². The number of methoxy groups -OCH3 is 1. The van der Waals surface area contributed by atoms with E-state index in [9.17, 15) is 5.11 Å². The summed E-state index contributed by atoms with van der Waals surface area (Å²) in [6, 6.07) is 0.0701. The van der Waals surface area contributed by atoms with Crippen LogP contribution >= 0.6 is 0 Å². The highest BCUT2D eigenvalue weighted by Crippen LogP contribution is 2.27. The topological polar surface area (TPSA) is 60.0 Å². The van der Waals surface area contributed by atoms with Crippen molar-refractivity contribution in [2.24, 2.45) is 5.92 Å². The fraction of sp³-hybridized carbons (Fsp3) is 1.00. The lowest BCUT2D eigenvalue weighted by Gasteiger charge is -2.36. The van der Waals surface area contributed by atoms with E-state index in [4.69, 9.17) is 14.2 Å². The monoisotopic (exact) mass is 247 g/mol. The third-order valence-corrected chi connectivity index (χ3v) is 3.15. The van der Waals surface area contributed by atoms with Gasteiger partial charge in [-0.2, -0.15) is 0 Å². The number of aliphatic hydroxyl groups excluding tert-OH is 1. The number of hydrogen-bond donors (Lipinski definition) is 2. The summed E-state index contributed by atoms with van der Waals surface area (Å²) >= 11 is 0. The van der Waals surface area contributed by atoms with Crippen LogP contribution in [0, 0.1) is 5.92 Å². The molecule has 17 heavy (non-hydrogen) atoms. The van der Waals surface area contributed by atoms with Gasteiger partial charge in [0, 0.05) is 13.2 Å². The molecule has 1 rings (SSSR count). The Bertz CT molecular complexity index is 193. The van der Waals surface area contributed by atoms with Crippen molar-refractivity contribution in [3.8, 4) is 0 Å². The van der Waals surface area contributed by atoms with E-state index in [0.29, 0.717) is 12.6 Å². The summed E-state index contributed by atoms with van der Waals surface area (Å²) in [5, 5.41) is 12.6. The van der Waals surface area contributed by atoms with E-state index in [-0.39, 0.29) is 31.6 Å². The maximum Gasteiger partial charge on any atom is 0.148 e. The van der Waals surface area contributed by atoms with Crippen LogP contribution < -0.4 is 5.32 Å². The van der Waals surface area contributed by atoms with Crippen molar-refractivity contribution in [2.75, 3.05) is 27.2 Å². The van der Waals surface area contributed by atoms with Gasteiger partial charge in [0.25, 0.3) is 0 Å². The predicted molar refractivity (Wildman–Crippen MR) is 64.6 cm³/mol. The normalized spacial score (nSPS) is 31.4. The van der Waals surface area contributed by atoms with Gasteiger partial charge in [0.15, 0.2) is 0 Å². The van der Waals surface area contributed by atoms with Gasteiger partial charge in [-0.25, -0.2) is 0 Å². The first-order chi connectivity index (χ1) is 8.17. The average molecular weight is 247 g/mol. The highest BCUT2D eigenvalue weighted by Gasteiger charge is 2.29. The van der Waals surface area contributed by atoms with Crippen LogP contribution in [-0.2, 0) is 14.2 Å². The van der Waals surface area contributed by atoms with Gasteiger partial charge in [0.1, 0.15) is 6.79 Å². The molecule has 2 N–H and O–H groups in total. The Balaban J connectivity index is 2.32. The highest BCUT2D eigenvalue weighted by molar-refractivity contribution is 4.82. The predicted octanol–water partition coefficient (Wildman–Crippen LogP) is 0.718. The van der Waals surface area contributed by atoms with Crippen LogP contribution in [0.5, 0.6) is 0 Å². The molecule has 0 bridgehead atoms. The minimum absolute atomic E-state index is 0.0701. The maximum absolute atomic E-state index is 9.42. The van der Waals surface area contributed by atoms with E-state index < -0.39 is 0 Å². The molecule has 1 heterocycles. The molecule has 0 amide bonds. The van der Waals surface area contributed by atoms with Crippen LogP contribution in [0.25, 0.3) is 0 Å². The fourth-order valence-corrected chi connectivity index (χ4v) is 2.46. The Morgan fingerprint density at radius 3 is 2.53 bits per heavy atom. The second-order valence-corrected chi connectivity index (χ2v) is 4.74. The van der Waals surface area contributed by atoms with E-state index in [1.807, 2.05) is 0 Å². The highest BCUT2D eigenvalue weighted by atomic mass is 16.7.